The summed E-state index contributed by atoms with van der Waals surface area (Å²) in [5, 5.41) is 0.538. The number of thiazole rings is 1. The van der Waals surface area contributed by atoms with E-state index in [1.165, 1.54) is 42.0 Å². The number of rotatable bonds is 16. The Kier molecular flexibility index (Phi) is 11.7. The first kappa shape index (κ1) is 31.7. The lowest BCUT2D eigenvalue weighted by molar-refractivity contribution is 0.0986. The molecule has 40 heavy (non-hydrogen) atoms. The Morgan fingerprint density at radius 3 is 2.02 bits per heavy atom. The maximum atomic E-state index is 13.8. The van der Waals surface area contributed by atoms with E-state index in [1.54, 1.807) is 37.3 Å². The van der Waals surface area contributed by atoms with Gasteiger partial charge >= 0.3 is 0 Å². The van der Waals surface area contributed by atoms with E-state index < -0.39 is 10.0 Å². The molecule has 0 atom stereocenters. The molecule has 1 aromatic heterocycles. The number of benzene rings is 2. The van der Waals surface area contributed by atoms with Crippen molar-refractivity contribution in [1.82, 2.24) is 14.2 Å². The summed E-state index contributed by atoms with van der Waals surface area (Å²) in [4.78, 5) is 22.3. The number of ether oxygens (including phenoxy) is 4. The summed E-state index contributed by atoms with van der Waals surface area (Å²) < 4.78 is 49.7. The molecule has 11 nitrogen and oxygen atoms in total. The van der Waals surface area contributed by atoms with Gasteiger partial charge in [0.2, 0.25) is 10.0 Å². The summed E-state index contributed by atoms with van der Waals surface area (Å²) in [6, 6.07) is 9.63. The van der Waals surface area contributed by atoms with Gasteiger partial charge in [-0.2, -0.15) is 4.31 Å². The minimum absolute atomic E-state index is 0.0922. The number of hydrogen-bond acceptors (Lipinski definition) is 10. The molecule has 3 aromatic rings. The van der Waals surface area contributed by atoms with E-state index in [9.17, 15) is 13.2 Å². The van der Waals surface area contributed by atoms with Crippen molar-refractivity contribution in [3.63, 3.8) is 0 Å². The minimum Gasteiger partial charge on any atom is -0.493 e. The molecular weight excluding hydrogens is 556 g/mol. The monoisotopic (exact) mass is 594 g/mol. The molecule has 3 rings (SSSR count). The molecule has 0 bridgehead atoms. The van der Waals surface area contributed by atoms with Crippen molar-refractivity contribution in [2.24, 2.45) is 0 Å². The molecule has 1 amide bonds. The number of aromatic nitrogens is 1. The summed E-state index contributed by atoms with van der Waals surface area (Å²) in [5.74, 6) is 0.869. The Hall–Kier alpha value is -2.81. The summed E-state index contributed by atoms with van der Waals surface area (Å²) in [5.41, 5.74) is 1.05. The highest BCUT2D eigenvalue weighted by Gasteiger charge is 2.26. The van der Waals surface area contributed by atoms with Crippen LogP contribution in [0.15, 0.2) is 41.3 Å². The van der Waals surface area contributed by atoms with Crippen molar-refractivity contribution in [1.29, 1.82) is 0 Å². The Balaban J connectivity index is 1.93. The van der Waals surface area contributed by atoms with Crippen LogP contribution in [0.4, 0.5) is 5.13 Å². The number of carbonyl (C=O) groups excluding carboxylic acids is 1. The molecule has 13 heteroatoms. The normalized spacial score (nSPS) is 11.9. The van der Waals surface area contributed by atoms with Crippen LogP contribution in [-0.2, 0) is 19.5 Å². The average molecular weight is 595 g/mol. The fraction of sp³-hybridized carbons (Fsp3) is 0.481. The number of nitrogens with zero attached hydrogens (tertiary/aromatic N) is 4. The largest absolute Gasteiger partial charge is 0.493 e. The SMILES string of the molecule is COCCN(CCOC)S(=O)(=O)c1ccc(C(=O)N(CCCN(C)C)c2nc3cc(OC)c(OC)cc3s2)cc1. The fourth-order valence-electron chi connectivity index (χ4n) is 4.00. The van der Waals surface area contributed by atoms with Crippen LogP contribution in [0, 0.1) is 0 Å². The lowest BCUT2D eigenvalue weighted by atomic mass is 10.2. The first-order chi connectivity index (χ1) is 19.2. The maximum Gasteiger partial charge on any atom is 0.260 e. The number of sulfonamides is 1. The Bertz CT molecular complexity index is 1310. The highest BCUT2D eigenvalue weighted by molar-refractivity contribution is 7.89. The van der Waals surface area contributed by atoms with Crippen molar-refractivity contribution < 1.29 is 32.2 Å². The summed E-state index contributed by atoms with van der Waals surface area (Å²) in [6.07, 6.45) is 0.724. The van der Waals surface area contributed by atoms with Crippen molar-refractivity contribution in [2.75, 3.05) is 86.8 Å². The quantitative estimate of drug-likeness (QED) is 0.247. The molecule has 0 radical (unpaired) electrons. The zero-order valence-corrected chi connectivity index (χ0v) is 25.5. The van der Waals surface area contributed by atoms with Crippen molar-refractivity contribution in [3.8, 4) is 11.5 Å². The van der Waals surface area contributed by atoms with Crippen LogP contribution in [-0.4, -0.2) is 110 Å². The van der Waals surface area contributed by atoms with Crippen LogP contribution >= 0.6 is 11.3 Å². The van der Waals surface area contributed by atoms with Crippen LogP contribution in [0.1, 0.15) is 16.8 Å². The topological polar surface area (TPSA) is 111 Å². The van der Waals surface area contributed by atoms with Gasteiger partial charge in [-0.05, 0) is 51.3 Å². The lowest BCUT2D eigenvalue weighted by Crippen LogP contribution is -2.36. The summed E-state index contributed by atoms with van der Waals surface area (Å²) >= 11 is 1.38. The Morgan fingerprint density at radius 2 is 1.48 bits per heavy atom. The average Bonchev–Trinajstić information content (AvgIpc) is 3.36. The van der Waals surface area contributed by atoms with Crippen molar-refractivity contribution >= 4 is 42.6 Å². The second-order valence-electron chi connectivity index (χ2n) is 9.20. The van der Waals surface area contributed by atoms with Crippen LogP contribution < -0.4 is 14.4 Å². The van der Waals surface area contributed by atoms with Gasteiger partial charge in [-0.15, -0.1) is 0 Å². The third kappa shape index (κ3) is 7.68. The molecule has 0 saturated heterocycles. The van der Waals surface area contributed by atoms with Crippen molar-refractivity contribution in [3.05, 3.63) is 42.0 Å². The highest BCUT2D eigenvalue weighted by atomic mass is 32.2. The Morgan fingerprint density at radius 1 is 0.875 bits per heavy atom. The lowest BCUT2D eigenvalue weighted by Gasteiger charge is -2.22. The van der Waals surface area contributed by atoms with Crippen molar-refractivity contribution in [2.45, 2.75) is 11.3 Å². The molecular formula is C27H38N4O7S2. The molecule has 0 fully saturated rings. The minimum atomic E-state index is -3.81. The molecule has 0 aliphatic rings. The summed E-state index contributed by atoms with van der Waals surface area (Å²) in [7, 11) is 6.32. The van der Waals surface area contributed by atoms with Gasteiger partial charge in [-0.1, -0.05) is 11.3 Å². The number of methoxy groups -OCH3 is 4. The smallest absolute Gasteiger partial charge is 0.260 e. The predicted molar refractivity (Wildman–Crippen MR) is 157 cm³/mol. The number of carbonyl (C=O) groups is 1. The Labute approximate surface area is 240 Å². The predicted octanol–water partition coefficient (Wildman–Crippen LogP) is 3.20. The second-order valence-corrected chi connectivity index (χ2v) is 12.1. The van der Waals surface area contributed by atoms with E-state index in [-0.39, 0.29) is 37.1 Å². The van der Waals surface area contributed by atoms with Gasteiger partial charge in [0.25, 0.3) is 5.91 Å². The third-order valence-corrected chi connectivity index (χ3v) is 9.13. The van der Waals surface area contributed by atoms with Crippen LogP contribution in [0.5, 0.6) is 11.5 Å². The molecule has 0 spiro atoms. The van der Waals surface area contributed by atoms with Crippen LogP contribution in [0.2, 0.25) is 0 Å². The second kappa shape index (κ2) is 14.7. The molecule has 1 heterocycles. The molecule has 220 valence electrons. The number of amides is 1. The van der Waals surface area contributed by atoms with E-state index >= 15 is 0 Å². The van der Waals surface area contributed by atoms with Crippen LogP contribution in [0.25, 0.3) is 10.2 Å². The first-order valence-corrected chi connectivity index (χ1v) is 15.0. The third-order valence-electron chi connectivity index (χ3n) is 6.17. The van der Waals surface area contributed by atoms with Gasteiger partial charge in [0.1, 0.15) is 0 Å². The van der Waals surface area contributed by atoms with E-state index in [0.29, 0.717) is 34.3 Å². The molecule has 0 aliphatic carbocycles. The van der Waals surface area contributed by atoms with E-state index in [0.717, 1.165) is 17.7 Å². The van der Waals surface area contributed by atoms with Gasteiger partial charge in [-0.3, -0.25) is 9.69 Å². The standard InChI is InChI=1S/C27H38N4O7S2/c1-29(2)12-7-13-31(27-28-22-18-23(37-5)24(38-6)19-25(22)39-27)26(32)20-8-10-21(11-9-20)40(33,34)30(14-16-35-3)15-17-36-4/h8-11,18-19H,7,12-17H2,1-6H3. The summed E-state index contributed by atoms with van der Waals surface area (Å²) in [6.45, 7) is 2.10. The van der Waals surface area contributed by atoms with E-state index in [2.05, 4.69) is 4.90 Å². The van der Waals surface area contributed by atoms with E-state index in [4.69, 9.17) is 23.9 Å². The molecule has 2 aromatic carbocycles. The molecule has 0 saturated carbocycles. The maximum absolute atomic E-state index is 13.8. The molecule has 0 unspecified atom stereocenters. The number of fused-ring (bicyclic) bond motifs is 1. The zero-order chi connectivity index (χ0) is 29.3. The highest BCUT2D eigenvalue weighted by Crippen LogP contribution is 2.37. The van der Waals surface area contributed by atoms with Gasteiger partial charge in [-0.25, -0.2) is 13.4 Å². The fourth-order valence-corrected chi connectivity index (χ4v) is 6.41. The first-order valence-electron chi connectivity index (χ1n) is 12.7. The van der Waals surface area contributed by atoms with Gasteiger partial charge < -0.3 is 23.8 Å². The van der Waals surface area contributed by atoms with Gasteiger partial charge in [0.05, 0.1) is 42.5 Å². The molecule has 0 aliphatic heterocycles. The van der Waals surface area contributed by atoms with Gasteiger partial charge in [0.15, 0.2) is 16.6 Å². The number of anilines is 1. The van der Waals surface area contributed by atoms with Crippen LogP contribution in [0.3, 0.4) is 0 Å². The zero-order valence-electron chi connectivity index (χ0n) is 23.9. The van der Waals surface area contributed by atoms with E-state index in [1.807, 2.05) is 20.2 Å². The number of hydrogen-bond donors (Lipinski definition) is 0. The van der Waals surface area contributed by atoms with Gasteiger partial charge in [0, 0.05) is 51.6 Å². The molecule has 0 N–H and O–H groups in total.